The monoisotopic (exact) mass is 260 g/mol. The maximum Gasteiger partial charge on any atom is -0.0132 e. The van der Waals surface area contributed by atoms with E-state index in [-0.39, 0.29) is 5.41 Å². The van der Waals surface area contributed by atoms with Crippen LogP contribution in [0, 0.1) is 5.41 Å². The summed E-state index contributed by atoms with van der Waals surface area (Å²) in [7, 11) is 0. The van der Waals surface area contributed by atoms with Crippen LogP contribution in [-0.2, 0) is 0 Å². The van der Waals surface area contributed by atoms with Crippen LogP contribution in [-0.4, -0.2) is 0 Å². The third kappa shape index (κ3) is 9.30. The van der Waals surface area contributed by atoms with E-state index in [0.717, 1.165) is 0 Å². The fourth-order valence-electron chi connectivity index (χ4n) is 1.42. The summed E-state index contributed by atoms with van der Waals surface area (Å²) in [5, 5.41) is 0. The summed E-state index contributed by atoms with van der Waals surface area (Å²) < 4.78 is 0. The molecule has 0 heteroatoms. The minimum atomic E-state index is 0.197. The van der Waals surface area contributed by atoms with Crippen molar-refractivity contribution >= 4 is 6.08 Å². The molecule has 0 spiro atoms. The lowest BCUT2D eigenvalue weighted by molar-refractivity contribution is 0.520. The van der Waals surface area contributed by atoms with E-state index >= 15 is 0 Å². The molecule has 19 heavy (non-hydrogen) atoms. The number of allylic oxidation sites excluding steroid dienone is 3. The highest BCUT2D eigenvalue weighted by Crippen LogP contribution is 2.28. The smallest absolute Gasteiger partial charge is 0.0132 e. The molecule has 0 aromatic heterocycles. The van der Waals surface area contributed by atoms with E-state index in [2.05, 4.69) is 70.2 Å². The van der Waals surface area contributed by atoms with Gasteiger partial charge in [-0.3, -0.25) is 0 Å². The Bertz CT molecular complexity index is 347. The lowest BCUT2D eigenvalue weighted by Gasteiger charge is -2.20. The second-order valence-corrected chi connectivity index (χ2v) is 4.76. The van der Waals surface area contributed by atoms with Gasteiger partial charge < -0.3 is 0 Å². The number of hydrogen-bond acceptors (Lipinski definition) is 0. The SMILES string of the molecule is C/C=C\C(=C/c1ccccc1)C(C)(C)C.CC.CC. The zero-order chi connectivity index (χ0) is 15.3. The predicted octanol–water partition coefficient (Wildman–Crippen LogP) is 6.74. The standard InChI is InChI=1S/C15H20.2C2H6/c1-5-9-14(15(2,3)4)12-13-10-7-6-8-11-13;2*1-2/h5-12H,1-4H3;2*1-2H3/b9-5-,14-12+;;. The summed E-state index contributed by atoms with van der Waals surface area (Å²) in [6.45, 7) is 16.8. The number of hydrogen-bond donors (Lipinski definition) is 0. The summed E-state index contributed by atoms with van der Waals surface area (Å²) in [5.74, 6) is 0. The van der Waals surface area contributed by atoms with Gasteiger partial charge >= 0.3 is 0 Å². The summed E-state index contributed by atoms with van der Waals surface area (Å²) in [5.41, 5.74) is 2.82. The maximum atomic E-state index is 2.25. The summed E-state index contributed by atoms with van der Waals surface area (Å²) >= 11 is 0. The molecule has 0 amide bonds. The molecule has 0 saturated carbocycles. The Labute approximate surface area is 121 Å². The molecule has 1 aromatic rings. The van der Waals surface area contributed by atoms with Gasteiger partial charge in [0.05, 0.1) is 0 Å². The first-order chi connectivity index (χ1) is 9.04. The van der Waals surface area contributed by atoms with Crippen LogP contribution in [0.25, 0.3) is 6.08 Å². The van der Waals surface area contributed by atoms with Gasteiger partial charge in [0.2, 0.25) is 0 Å². The Morgan fingerprint density at radius 1 is 0.895 bits per heavy atom. The van der Waals surface area contributed by atoms with Crippen LogP contribution in [0.3, 0.4) is 0 Å². The van der Waals surface area contributed by atoms with E-state index in [4.69, 9.17) is 0 Å². The second-order valence-electron chi connectivity index (χ2n) is 4.76. The Hall–Kier alpha value is -1.30. The van der Waals surface area contributed by atoms with Crippen LogP contribution >= 0.6 is 0 Å². The first-order valence-electron chi connectivity index (χ1n) is 7.44. The Kier molecular flexibility index (Phi) is 12.4. The minimum Gasteiger partial charge on any atom is -0.0874 e. The fourth-order valence-corrected chi connectivity index (χ4v) is 1.42. The van der Waals surface area contributed by atoms with Crippen molar-refractivity contribution < 1.29 is 0 Å². The summed E-state index contributed by atoms with van der Waals surface area (Å²) in [6.07, 6.45) is 6.53. The molecule has 0 aliphatic carbocycles. The van der Waals surface area contributed by atoms with Gasteiger partial charge in [0.1, 0.15) is 0 Å². The van der Waals surface area contributed by atoms with Crippen LogP contribution in [0.5, 0.6) is 0 Å². The topological polar surface area (TPSA) is 0 Å². The normalized spacial score (nSPS) is 11.3. The Morgan fingerprint density at radius 3 is 1.74 bits per heavy atom. The molecule has 0 N–H and O–H groups in total. The van der Waals surface area contributed by atoms with Gasteiger partial charge in [0, 0.05) is 0 Å². The first-order valence-corrected chi connectivity index (χ1v) is 7.44. The molecule has 0 fully saturated rings. The molecule has 0 aliphatic heterocycles. The molecular weight excluding hydrogens is 228 g/mol. The van der Waals surface area contributed by atoms with Crippen molar-refractivity contribution in [3.05, 3.63) is 53.6 Å². The van der Waals surface area contributed by atoms with E-state index in [9.17, 15) is 0 Å². The van der Waals surface area contributed by atoms with Crippen LogP contribution in [0.1, 0.15) is 61.0 Å². The van der Waals surface area contributed by atoms with Gasteiger partial charge in [-0.2, -0.15) is 0 Å². The van der Waals surface area contributed by atoms with E-state index in [1.807, 2.05) is 33.8 Å². The predicted molar refractivity (Wildman–Crippen MR) is 91.4 cm³/mol. The lowest BCUT2D eigenvalue weighted by Crippen LogP contribution is -2.07. The number of benzene rings is 1. The Balaban J connectivity index is 0. The molecule has 1 aromatic carbocycles. The second kappa shape index (κ2) is 11.8. The van der Waals surface area contributed by atoms with E-state index in [1.54, 1.807) is 0 Å². The van der Waals surface area contributed by atoms with E-state index in [0.29, 0.717) is 0 Å². The minimum absolute atomic E-state index is 0.197. The molecule has 0 radical (unpaired) electrons. The molecular formula is C19H32. The van der Waals surface area contributed by atoms with Gasteiger partial charge in [0.15, 0.2) is 0 Å². The molecule has 108 valence electrons. The molecule has 0 saturated heterocycles. The van der Waals surface area contributed by atoms with Gasteiger partial charge in [-0.1, -0.05) is 97.0 Å². The van der Waals surface area contributed by atoms with Crippen LogP contribution in [0.4, 0.5) is 0 Å². The van der Waals surface area contributed by atoms with Crippen LogP contribution in [0.15, 0.2) is 48.1 Å². The molecule has 0 unspecified atom stereocenters. The highest BCUT2D eigenvalue weighted by molar-refractivity contribution is 5.57. The zero-order valence-electron chi connectivity index (χ0n) is 14.1. The molecule has 0 heterocycles. The zero-order valence-corrected chi connectivity index (χ0v) is 14.1. The molecule has 0 bridgehead atoms. The quantitative estimate of drug-likeness (QED) is 0.516. The van der Waals surface area contributed by atoms with Crippen molar-refractivity contribution in [3.8, 4) is 0 Å². The highest BCUT2D eigenvalue weighted by Gasteiger charge is 2.13. The third-order valence-corrected chi connectivity index (χ3v) is 2.33. The van der Waals surface area contributed by atoms with Crippen molar-refractivity contribution in [2.45, 2.75) is 55.4 Å². The lowest BCUT2D eigenvalue weighted by atomic mass is 9.85. The van der Waals surface area contributed by atoms with Crippen LogP contribution in [0.2, 0.25) is 0 Å². The van der Waals surface area contributed by atoms with Gasteiger partial charge in [-0.05, 0) is 23.5 Å². The Morgan fingerprint density at radius 2 is 1.37 bits per heavy atom. The van der Waals surface area contributed by atoms with Crippen molar-refractivity contribution in [2.75, 3.05) is 0 Å². The first kappa shape index (κ1) is 20.0. The molecule has 0 nitrogen and oxygen atoms in total. The highest BCUT2D eigenvalue weighted by atomic mass is 14.2. The van der Waals surface area contributed by atoms with Crippen molar-refractivity contribution in [2.24, 2.45) is 5.41 Å². The number of rotatable bonds is 2. The van der Waals surface area contributed by atoms with Crippen LogP contribution < -0.4 is 0 Å². The average Bonchev–Trinajstić information content (AvgIpc) is 2.43. The van der Waals surface area contributed by atoms with Crippen molar-refractivity contribution in [1.82, 2.24) is 0 Å². The van der Waals surface area contributed by atoms with E-state index in [1.165, 1.54) is 11.1 Å². The largest absolute Gasteiger partial charge is 0.0874 e. The summed E-state index contributed by atoms with van der Waals surface area (Å²) in [4.78, 5) is 0. The van der Waals surface area contributed by atoms with Crippen molar-refractivity contribution in [3.63, 3.8) is 0 Å². The fraction of sp³-hybridized carbons (Fsp3) is 0.474. The molecule has 0 aliphatic rings. The van der Waals surface area contributed by atoms with Gasteiger partial charge in [0.25, 0.3) is 0 Å². The van der Waals surface area contributed by atoms with Gasteiger partial charge in [-0.25, -0.2) is 0 Å². The van der Waals surface area contributed by atoms with Crippen molar-refractivity contribution in [1.29, 1.82) is 0 Å². The summed E-state index contributed by atoms with van der Waals surface area (Å²) in [6, 6.07) is 10.5. The van der Waals surface area contributed by atoms with E-state index < -0.39 is 0 Å². The maximum absolute atomic E-state index is 2.25. The average molecular weight is 260 g/mol. The third-order valence-electron chi connectivity index (χ3n) is 2.33. The van der Waals surface area contributed by atoms with Gasteiger partial charge in [-0.15, -0.1) is 0 Å². The molecule has 0 atom stereocenters. The molecule has 1 rings (SSSR count).